The van der Waals surface area contributed by atoms with Gasteiger partial charge in [-0.25, -0.2) is 9.78 Å². The van der Waals surface area contributed by atoms with E-state index < -0.39 is 5.97 Å². The predicted octanol–water partition coefficient (Wildman–Crippen LogP) is 2.18. The number of carboxylic acids is 1. The van der Waals surface area contributed by atoms with Gasteiger partial charge in [-0.2, -0.15) is 0 Å². The van der Waals surface area contributed by atoms with Crippen LogP contribution in [0.25, 0.3) is 0 Å². The molecule has 2 aliphatic carbocycles. The summed E-state index contributed by atoms with van der Waals surface area (Å²) < 4.78 is 0. The molecule has 0 aromatic carbocycles. The molecule has 0 bridgehead atoms. The maximum absolute atomic E-state index is 11.9. The van der Waals surface area contributed by atoms with Gasteiger partial charge in [0.2, 0.25) is 0 Å². The van der Waals surface area contributed by atoms with Crippen molar-refractivity contribution in [3.05, 3.63) is 23.4 Å². The summed E-state index contributed by atoms with van der Waals surface area (Å²) in [5, 5.41) is 15.1. The van der Waals surface area contributed by atoms with Crippen LogP contribution >= 0.6 is 11.6 Å². The van der Waals surface area contributed by atoms with Crippen LogP contribution in [-0.4, -0.2) is 52.2 Å². The third kappa shape index (κ3) is 4.82. The fourth-order valence-electron chi connectivity index (χ4n) is 2.94. The Bertz CT molecular complexity index is 600. The summed E-state index contributed by atoms with van der Waals surface area (Å²) in [5.41, 5.74) is 0. The molecule has 130 valence electrons. The number of hydrogen-bond acceptors (Lipinski definition) is 4. The molecule has 1 heterocycles. The van der Waals surface area contributed by atoms with Crippen LogP contribution in [0.15, 0.2) is 18.3 Å². The van der Waals surface area contributed by atoms with Gasteiger partial charge < -0.3 is 10.4 Å². The van der Waals surface area contributed by atoms with Crippen LogP contribution in [0.5, 0.6) is 0 Å². The number of hydrogen-bond donors (Lipinski definition) is 3. The molecule has 0 saturated heterocycles. The number of nitrogens with zero attached hydrogens (tertiary/aromatic N) is 2. The van der Waals surface area contributed by atoms with Gasteiger partial charge in [-0.1, -0.05) is 11.6 Å². The van der Waals surface area contributed by atoms with Gasteiger partial charge in [-0.15, -0.1) is 0 Å². The van der Waals surface area contributed by atoms with Gasteiger partial charge in [0.1, 0.15) is 5.82 Å². The van der Waals surface area contributed by atoms with E-state index in [1.807, 2.05) is 4.90 Å². The van der Waals surface area contributed by atoms with Crippen molar-refractivity contribution in [1.82, 2.24) is 15.2 Å². The van der Waals surface area contributed by atoms with E-state index in [9.17, 15) is 9.59 Å². The van der Waals surface area contributed by atoms with Crippen LogP contribution in [0.3, 0.4) is 0 Å². The van der Waals surface area contributed by atoms with E-state index in [1.54, 1.807) is 12.1 Å². The molecule has 8 heteroatoms. The summed E-state index contributed by atoms with van der Waals surface area (Å²) in [6.07, 6.45) is 5.42. The molecule has 2 fully saturated rings. The van der Waals surface area contributed by atoms with Gasteiger partial charge in [-0.3, -0.25) is 15.0 Å². The van der Waals surface area contributed by atoms with Crippen molar-refractivity contribution in [2.24, 2.45) is 5.92 Å². The second-order valence-electron chi connectivity index (χ2n) is 6.55. The molecule has 1 aromatic rings. The Morgan fingerprint density at radius 1 is 1.33 bits per heavy atom. The number of pyridine rings is 1. The van der Waals surface area contributed by atoms with E-state index in [0.29, 0.717) is 16.8 Å². The zero-order valence-electron chi connectivity index (χ0n) is 13.2. The average molecular weight is 353 g/mol. The molecule has 2 saturated carbocycles. The first-order valence-electron chi connectivity index (χ1n) is 8.14. The SMILES string of the molecule is O=C(O)CN(CC1CC1)C1CC(NC(=O)Nc2ccc(Cl)cn2)C1. The Morgan fingerprint density at radius 2 is 2.08 bits per heavy atom. The van der Waals surface area contributed by atoms with Gasteiger partial charge in [-0.05, 0) is 43.7 Å². The molecule has 0 radical (unpaired) electrons. The Balaban J connectivity index is 1.42. The third-order valence-corrected chi connectivity index (χ3v) is 4.69. The minimum atomic E-state index is -0.793. The maximum Gasteiger partial charge on any atom is 0.320 e. The predicted molar refractivity (Wildman–Crippen MR) is 90.1 cm³/mol. The van der Waals surface area contributed by atoms with Crippen molar-refractivity contribution in [2.75, 3.05) is 18.4 Å². The molecule has 3 N–H and O–H groups in total. The molecule has 0 atom stereocenters. The molecule has 0 spiro atoms. The number of anilines is 1. The van der Waals surface area contributed by atoms with Gasteiger partial charge in [0.05, 0.1) is 11.6 Å². The number of carbonyl (C=O) groups excluding carboxylic acids is 1. The van der Waals surface area contributed by atoms with Crippen molar-refractivity contribution in [3.8, 4) is 0 Å². The summed E-state index contributed by atoms with van der Waals surface area (Å²) >= 11 is 5.75. The fraction of sp³-hybridized carbons (Fsp3) is 0.562. The van der Waals surface area contributed by atoms with Gasteiger partial charge in [0, 0.05) is 24.8 Å². The van der Waals surface area contributed by atoms with Crippen molar-refractivity contribution < 1.29 is 14.7 Å². The summed E-state index contributed by atoms with van der Waals surface area (Å²) in [6, 6.07) is 3.29. The lowest BCUT2D eigenvalue weighted by Crippen LogP contribution is -2.55. The maximum atomic E-state index is 11.9. The second-order valence-corrected chi connectivity index (χ2v) is 6.99. The van der Waals surface area contributed by atoms with Crippen LogP contribution < -0.4 is 10.6 Å². The minimum absolute atomic E-state index is 0.0674. The summed E-state index contributed by atoms with van der Waals surface area (Å²) in [7, 11) is 0. The summed E-state index contributed by atoms with van der Waals surface area (Å²) in [6.45, 7) is 0.930. The lowest BCUT2D eigenvalue weighted by Gasteiger charge is -2.42. The Hall–Kier alpha value is -1.86. The molecular formula is C16H21ClN4O3. The summed E-state index contributed by atoms with van der Waals surface area (Å²) in [4.78, 5) is 29.0. The lowest BCUT2D eigenvalue weighted by atomic mass is 9.85. The van der Waals surface area contributed by atoms with E-state index in [2.05, 4.69) is 15.6 Å². The van der Waals surface area contributed by atoms with Crippen molar-refractivity contribution in [3.63, 3.8) is 0 Å². The van der Waals surface area contributed by atoms with Crippen LogP contribution in [0.4, 0.5) is 10.6 Å². The zero-order valence-corrected chi connectivity index (χ0v) is 14.0. The Kier molecular flexibility index (Phi) is 5.20. The Morgan fingerprint density at radius 3 is 2.67 bits per heavy atom. The van der Waals surface area contributed by atoms with Crippen LogP contribution in [0, 0.1) is 5.92 Å². The zero-order chi connectivity index (χ0) is 17.1. The highest BCUT2D eigenvalue weighted by atomic mass is 35.5. The number of rotatable bonds is 7. The normalized spacial score (nSPS) is 22.8. The molecule has 3 rings (SSSR count). The molecule has 2 amide bonds. The van der Waals surface area contributed by atoms with Gasteiger partial charge in [0.25, 0.3) is 0 Å². The number of urea groups is 1. The minimum Gasteiger partial charge on any atom is -0.480 e. The molecule has 0 aliphatic heterocycles. The standard InChI is InChI=1S/C16H21ClN4O3/c17-11-3-4-14(18-7-11)20-16(24)19-12-5-13(6-12)21(9-15(22)23)8-10-1-2-10/h3-4,7,10,12-13H,1-2,5-6,8-9H2,(H,22,23)(H2,18,19,20,24). The van der Waals surface area contributed by atoms with Gasteiger partial charge in [0.15, 0.2) is 0 Å². The molecule has 1 aromatic heterocycles. The number of halogens is 1. The van der Waals surface area contributed by atoms with Crippen LogP contribution in [0.1, 0.15) is 25.7 Å². The first-order valence-corrected chi connectivity index (χ1v) is 8.52. The average Bonchev–Trinajstić information content (AvgIpc) is 3.28. The highest BCUT2D eigenvalue weighted by Gasteiger charge is 2.37. The van der Waals surface area contributed by atoms with Crippen molar-refractivity contribution in [1.29, 1.82) is 0 Å². The first kappa shape index (κ1) is 17.0. The van der Waals surface area contributed by atoms with E-state index in [-0.39, 0.29) is 24.7 Å². The van der Waals surface area contributed by atoms with Crippen molar-refractivity contribution in [2.45, 2.75) is 37.8 Å². The highest BCUT2D eigenvalue weighted by molar-refractivity contribution is 6.30. The third-order valence-electron chi connectivity index (χ3n) is 4.46. The monoisotopic (exact) mass is 352 g/mol. The summed E-state index contributed by atoms with van der Waals surface area (Å²) in [5.74, 6) is 0.295. The van der Waals surface area contributed by atoms with Crippen molar-refractivity contribution >= 4 is 29.4 Å². The molecule has 2 aliphatic rings. The first-order chi connectivity index (χ1) is 11.5. The lowest BCUT2D eigenvalue weighted by molar-refractivity contribution is -0.139. The number of amides is 2. The van der Waals surface area contributed by atoms with E-state index in [4.69, 9.17) is 16.7 Å². The van der Waals surface area contributed by atoms with Crippen LogP contribution in [-0.2, 0) is 4.79 Å². The molecule has 7 nitrogen and oxygen atoms in total. The number of aromatic nitrogens is 1. The number of nitrogens with one attached hydrogen (secondary N) is 2. The van der Waals surface area contributed by atoms with E-state index >= 15 is 0 Å². The molecule has 0 unspecified atom stereocenters. The second kappa shape index (κ2) is 7.36. The van der Waals surface area contributed by atoms with Crippen LogP contribution in [0.2, 0.25) is 5.02 Å². The number of carboxylic acid groups (broad SMARTS) is 1. The topological polar surface area (TPSA) is 94.6 Å². The highest BCUT2D eigenvalue weighted by Crippen LogP contribution is 2.33. The smallest absolute Gasteiger partial charge is 0.320 e. The number of carbonyl (C=O) groups is 2. The largest absolute Gasteiger partial charge is 0.480 e. The Labute approximate surface area is 145 Å². The van der Waals surface area contributed by atoms with Gasteiger partial charge >= 0.3 is 12.0 Å². The quantitative estimate of drug-likeness (QED) is 0.699. The molecular weight excluding hydrogens is 332 g/mol. The number of aliphatic carboxylic acids is 1. The fourth-order valence-corrected chi connectivity index (χ4v) is 3.05. The molecule has 24 heavy (non-hydrogen) atoms. The van der Waals surface area contributed by atoms with E-state index in [0.717, 1.165) is 19.4 Å². The van der Waals surface area contributed by atoms with E-state index in [1.165, 1.54) is 19.0 Å².